The fourth-order valence-corrected chi connectivity index (χ4v) is 2.93. The Labute approximate surface area is 187 Å². The topological polar surface area (TPSA) is 55.8 Å². The molecule has 0 aromatic heterocycles. The zero-order chi connectivity index (χ0) is 23.1. The molecule has 0 bridgehead atoms. The van der Waals surface area contributed by atoms with Crippen molar-refractivity contribution in [3.63, 3.8) is 0 Å². The molecule has 0 amide bonds. The van der Waals surface area contributed by atoms with Crippen molar-refractivity contribution in [3.05, 3.63) is 94.5 Å². The highest BCUT2D eigenvalue weighted by atomic mass is 35.5. The van der Waals surface area contributed by atoms with Crippen molar-refractivity contribution in [1.29, 1.82) is 0 Å². The number of ether oxygens (including phenoxy) is 2. The van der Waals surface area contributed by atoms with Crippen LogP contribution in [0.15, 0.2) is 72.8 Å². The zero-order valence-corrected chi connectivity index (χ0v) is 17.4. The average molecular weight is 463 g/mol. The third-order valence-corrected chi connectivity index (χ3v) is 4.59. The normalized spacial score (nSPS) is 11.5. The van der Waals surface area contributed by atoms with Gasteiger partial charge >= 0.3 is 12.1 Å². The summed E-state index contributed by atoms with van der Waals surface area (Å²) < 4.78 is 49.2. The van der Waals surface area contributed by atoms with E-state index in [1.807, 2.05) is 0 Å². The average Bonchev–Trinajstić information content (AvgIpc) is 2.73. The van der Waals surface area contributed by atoms with Gasteiger partial charge in [0.25, 0.3) is 0 Å². The number of carbonyl (C=O) groups is 1. The van der Waals surface area contributed by atoms with Crippen LogP contribution in [0.5, 0.6) is 17.2 Å². The maximum absolute atomic E-state index is 12.6. The molecule has 3 aromatic carbocycles. The van der Waals surface area contributed by atoms with Gasteiger partial charge in [-0.2, -0.15) is 13.2 Å². The van der Waals surface area contributed by atoms with Gasteiger partial charge in [-0.1, -0.05) is 41.9 Å². The first-order valence-electron chi connectivity index (χ1n) is 9.45. The fraction of sp³-hybridized carbons (Fsp3) is 0.125. The molecular weight excluding hydrogens is 445 g/mol. The molecule has 0 heterocycles. The van der Waals surface area contributed by atoms with Gasteiger partial charge in [0.15, 0.2) is 0 Å². The Morgan fingerprint density at radius 1 is 1.00 bits per heavy atom. The molecular formula is C24H18ClF3O4. The Balaban J connectivity index is 1.60. The smallest absolute Gasteiger partial charge is 0.416 e. The van der Waals surface area contributed by atoms with Crippen molar-refractivity contribution in [2.24, 2.45) is 0 Å². The highest BCUT2D eigenvalue weighted by Crippen LogP contribution is 2.32. The number of carboxylic acid groups (broad SMARTS) is 1. The lowest BCUT2D eigenvalue weighted by Gasteiger charge is -2.11. The largest absolute Gasteiger partial charge is 0.489 e. The molecule has 0 atom stereocenters. The maximum atomic E-state index is 12.6. The van der Waals surface area contributed by atoms with Crippen molar-refractivity contribution in [3.8, 4) is 17.2 Å². The van der Waals surface area contributed by atoms with Crippen molar-refractivity contribution in [1.82, 2.24) is 0 Å². The first-order valence-corrected chi connectivity index (χ1v) is 9.83. The number of hydrogen-bond acceptors (Lipinski definition) is 3. The van der Waals surface area contributed by atoms with E-state index >= 15 is 0 Å². The predicted molar refractivity (Wildman–Crippen MR) is 115 cm³/mol. The number of hydrogen-bond donors (Lipinski definition) is 1. The van der Waals surface area contributed by atoms with Crippen molar-refractivity contribution < 1.29 is 32.5 Å². The third kappa shape index (κ3) is 6.78. The highest BCUT2D eigenvalue weighted by molar-refractivity contribution is 6.32. The van der Waals surface area contributed by atoms with E-state index in [1.165, 1.54) is 12.1 Å². The van der Waals surface area contributed by atoms with Crippen LogP contribution in [0.2, 0.25) is 5.02 Å². The quantitative estimate of drug-likeness (QED) is 0.397. The van der Waals surface area contributed by atoms with Gasteiger partial charge in [0.05, 0.1) is 17.0 Å². The van der Waals surface area contributed by atoms with Crippen LogP contribution in [0.3, 0.4) is 0 Å². The maximum Gasteiger partial charge on any atom is 0.416 e. The third-order valence-electron chi connectivity index (χ3n) is 4.28. The molecule has 0 unspecified atom stereocenters. The van der Waals surface area contributed by atoms with E-state index in [-0.39, 0.29) is 13.0 Å². The number of benzene rings is 3. The van der Waals surface area contributed by atoms with E-state index in [0.29, 0.717) is 33.4 Å². The number of halogens is 4. The first-order chi connectivity index (χ1) is 15.2. The first kappa shape index (κ1) is 23.2. The van der Waals surface area contributed by atoms with Crippen LogP contribution in [0.1, 0.15) is 16.7 Å². The minimum atomic E-state index is -4.36. The van der Waals surface area contributed by atoms with Crippen LogP contribution in [0.25, 0.3) is 6.08 Å². The summed E-state index contributed by atoms with van der Waals surface area (Å²) in [6.07, 6.45) is -1.17. The second kappa shape index (κ2) is 10.2. The van der Waals surface area contributed by atoms with E-state index in [2.05, 4.69) is 0 Å². The number of rotatable bonds is 8. The summed E-state index contributed by atoms with van der Waals surface area (Å²) >= 11 is 6.14. The molecule has 0 spiro atoms. The molecule has 3 rings (SSSR count). The molecule has 0 radical (unpaired) electrons. The minimum absolute atomic E-state index is 0.151. The van der Waals surface area contributed by atoms with Gasteiger partial charge in [0.2, 0.25) is 0 Å². The highest BCUT2D eigenvalue weighted by Gasteiger charge is 2.29. The van der Waals surface area contributed by atoms with Crippen molar-refractivity contribution >= 4 is 23.6 Å². The Morgan fingerprint density at radius 3 is 2.41 bits per heavy atom. The predicted octanol–water partition coefficient (Wildman–Crippen LogP) is 6.87. The Kier molecular flexibility index (Phi) is 7.43. The summed E-state index contributed by atoms with van der Waals surface area (Å²) in [4.78, 5) is 10.9. The summed E-state index contributed by atoms with van der Waals surface area (Å²) in [5, 5.41) is 9.27. The van der Waals surface area contributed by atoms with Gasteiger partial charge in [-0.25, -0.2) is 0 Å². The van der Waals surface area contributed by atoms with E-state index in [1.54, 1.807) is 54.6 Å². The lowest BCUT2D eigenvalue weighted by Crippen LogP contribution is -2.03. The van der Waals surface area contributed by atoms with Crippen molar-refractivity contribution in [2.75, 3.05) is 6.61 Å². The van der Waals surface area contributed by atoms with Gasteiger partial charge in [-0.15, -0.1) is 0 Å². The lowest BCUT2D eigenvalue weighted by molar-refractivity contribution is -0.138. The van der Waals surface area contributed by atoms with Gasteiger partial charge in [-0.05, 0) is 53.6 Å². The number of alkyl halides is 3. The molecule has 4 nitrogen and oxygen atoms in total. The molecule has 1 N–H and O–H groups in total. The van der Waals surface area contributed by atoms with E-state index in [4.69, 9.17) is 26.2 Å². The lowest BCUT2D eigenvalue weighted by atomic mass is 10.1. The standard InChI is InChI=1S/C24H18ClF3O4/c25-21-11-8-17(14-23(29)30)13-22(21)32-20-5-1-4-19(15-20)31-12-2-3-16-6-9-18(10-7-16)24(26,27)28/h1-11,13,15H,12,14H2,(H,29,30)/b3-2+. The molecule has 0 saturated heterocycles. The monoisotopic (exact) mass is 462 g/mol. The molecule has 0 aliphatic carbocycles. The molecule has 8 heteroatoms. The summed E-state index contributed by atoms with van der Waals surface area (Å²) in [5.74, 6) is 0.323. The fourth-order valence-electron chi connectivity index (χ4n) is 2.78. The summed E-state index contributed by atoms with van der Waals surface area (Å²) in [7, 11) is 0. The summed E-state index contributed by atoms with van der Waals surface area (Å²) in [6, 6.07) is 16.4. The molecule has 32 heavy (non-hydrogen) atoms. The summed E-state index contributed by atoms with van der Waals surface area (Å²) in [5.41, 5.74) is 0.476. The van der Waals surface area contributed by atoms with Crippen LogP contribution in [0.4, 0.5) is 13.2 Å². The van der Waals surface area contributed by atoms with Crippen LogP contribution >= 0.6 is 11.6 Å². The van der Waals surface area contributed by atoms with Crippen LogP contribution < -0.4 is 9.47 Å². The van der Waals surface area contributed by atoms with E-state index in [0.717, 1.165) is 12.1 Å². The molecule has 0 aliphatic heterocycles. The minimum Gasteiger partial charge on any atom is -0.489 e. The van der Waals surface area contributed by atoms with Gasteiger partial charge in [0, 0.05) is 6.07 Å². The molecule has 0 aliphatic rings. The van der Waals surface area contributed by atoms with Gasteiger partial charge in [-0.3, -0.25) is 4.79 Å². The SMILES string of the molecule is O=C(O)Cc1ccc(Cl)c(Oc2cccc(OC/C=C/c3ccc(C(F)(F)F)cc3)c2)c1. The van der Waals surface area contributed by atoms with Crippen molar-refractivity contribution in [2.45, 2.75) is 12.6 Å². The van der Waals surface area contributed by atoms with Gasteiger partial charge in [0.1, 0.15) is 23.9 Å². The second-order valence-electron chi connectivity index (χ2n) is 6.75. The Bertz CT molecular complexity index is 1110. The summed E-state index contributed by atoms with van der Waals surface area (Å²) in [6.45, 7) is 0.194. The number of aliphatic carboxylic acids is 1. The molecule has 166 valence electrons. The van der Waals surface area contributed by atoms with E-state index < -0.39 is 17.7 Å². The van der Waals surface area contributed by atoms with Crippen LogP contribution in [-0.4, -0.2) is 17.7 Å². The number of carboxylic acids is 1. The zero-order valence-electron chi connectivity index (χ0n) is 16.6. The molecule has 0 saturated carbocycles. The van der Waals surface area contributed by atoms with E-state index in [9.17, 15) is 18.0 Å². The molecule has 0 fully saturated rings. The Morgan fingerprint density at radius 2 is 1.72 bits per heavy atom. The van der Waals surface area contributed by atoms with Crippen LogP contribution in [0, 0.1) is 0 Å². The van der Waals surface area contributed by atoms with Gasteiger partial charge < -0.3 is 14.6 Å². The Hall–Kier alpha value is -3.45. The molecule has 3 aromatic rings. The second-order valence-corrected chi connectivity index (χ2v) is 7.15. The van der Waals surface area contributed by atoms with Crippen LogP contribution in [-0.2, 0) is 17.4 Å².